The monoisotopic (exact) mass is 313 g/mol. The van der Waals surface area contributed by atoms with E-state index in [0.717, 1.165) is 11.4 Å². The second-order valence-electron chi connectivity index (χ2n) is 5.78. The van der Waals surface area contributed by atoms with Gasteiger partial charge in [-0.1, -0.05) is 6.07 Å². The number of carbonyl (C=O) groups is 2. The summed E-state index contributed by atoms with van der Waals surface area (Å²) in [4.78, 5) is 30.4. The van der Waals surface area contributed by atoms with Gasteiger partial charge in [0.15, 0.2) is 0 Å². The van der Waals surface area contributed by atoms with E-state index < -0.39 is 0 Å². The van der Waals surface area contributed by atoms with Gasteiger partial charge in [-0.3, -0.25) is 19.3 Å². The lowest BCUT2D eigenvalue weighted by Crippen LogP contribution is -2.28. The van der Waals surface area contributed by atoms with E-state index in [4.69, 9.17) is 0 Å². The first kappa shape index (κ1) is 15.2. The SMILES string of the molecule is Cc1cc(NC(=O)[C@@H]2CC(=O)N(Cc3ccccn3)C2)n(C)n1. The molecular weight excluding hydrogens is 294 g/mol. The number of rotatable bonds is 4. The van der Waals surface area contributed by atoms with Gasteiger partial charge in [-0.15, -0.1) is 0 Å². The highest BCUT2D eigenvalue weighted by molar-refractivity contribution is 5.96. The van der Waals surface area contributed by atoms with Gasteiger partial charge in [-0.25, -0.2) is 0 Å². The predicted molar refractivity (Wildman–Crippen MR) is 84.3 cm³/mol. The maximum Gasteiger partial charge on any atom is 0.230 e. The highest BCUT2D eigenvalue weighted by Gasteiger charge is 2.34. The van der Waals surface area contributed by atoms with Gasteiger partial charge in [0.1, 0.15) is 5.82 Å². The molecule has 1 aliphatic heterocycles. The highest BCUT2D eigenvalue weighted by Crippen LogP contribution is 2.21. The second-order valence-corrected chi connectivity index (χ2v) is 5.78. The third kappa shape index (κ3) is 3.39. The fourth-order valence-corrected chi connectivity index (χ4v) is 2.74. The molecule has 0 radical (unpaired) electrons. The smallest absolute Gasteiger partial charge is 0.230 e. The Kier molecular flexibility index (Phi) is 4.10. The maximum absolute atomic E-state index is 12.4. The lowest BCUT2D eigenvalue weighted by atomic mass is 10.1. The van der Waals surface area contributed by atoms with Crippen LogP contribution in [0.2, 0.25) is 0 Å². The molecule has 0 unspecified atom stereocenters. The number of likely N-dealkylation sites (tertiary alicyclic amines) is 1. The summed E-state index contributed by atoms with van der Waals surface area (Å²) >= 11 is 0. The molecule has 0 aromatic carbocycles. The van der Waals surface area contributed by atoms with E-state index in [1.165, 1.54) is 0 Å². The number of carbonyl (C=O) groups excluding carboxylic acids is 2. The molecule has 2 aromatic rings. The molecule has 0 saturated carbocycles. The van der Waals surface area contributed by atoms with Gasteiger partial charge in [-0.2, -0.15) is 5.10 Å². The van der Waals surface area contributed by atoms with E-state index in [9.17, 15) is 9.59 Å². The molecule has 7 nitrogen and oxygen atoms in total. The Bertz CT molecular complexity index is 725. The summed E-state index contributed by atoms with van der Waals surface area (Å²) in [6.07, 6.45) is 1.93. The normalized spacial score (nSPS) is 17.6. The van der Waals surface area contributed by atoms with Crippen LogP contribution in [0.25, 0.3) is 0 Å². The van der Waals surface area contributed by atoms with Gasteiger partial charge in [-0.05, 0) is 19.1 Å². The molecule has 2 aromatic heterocycles. The van der Waals surface area contributed by atoms with Crippen LogP contribution < -0.4 is 5.32 Å². The second kappa shape index (κ2) is 6.20. The van der Waals surface area contributed by atoms with Crippen LogP contribution in [0.3, 0.4) is 0 Å². The van der Waals surface area contributed by atoms with Crippen molar-refractivity contribution in [2.75, 3.05) is 11.9 Å². The summed E-state index contributed by atoms with van der Waals surface area (Å²) in [7, 11) is 1.77. The molecule has 1 fully saturated rings. The van der Waals surface area contributed by atoms with Crippen molar-refractivity contribution in [1.29, 1.82) is 0 Å². The lowest BCUT2D eigenvalue weighted by Gasteiger charge is -2.16. The van der Waals surface area contributed by atoms with Crippen LogP contribution in [0, 0.1) is 12.8 Å². The number of aryl methyl sites for hydroxylation is 2. The highest BCUT2D eigenvalue weighted by atomic mass is 16.2. The van der Waals surface area contributed by atoms with Crippen molar-refractivity contribution in [2.24, 2.45) is 13.0 Å². The summed E-state index contributed by atoms with van der Waals surface area (Å²) in [5.74, 6) is 0.131. The average molecular weight is 313 g/mol. The molecule has 23 heavy (non-hydrogen) atoms. The molecule has 1 aliphatic rings. The third-order valence-electron chi connectivity index (χ3n) is 3.92. The van der Waals surface area contributed by atoms with E-state index >= 15 is 0 Å². The van der Waals surface area contributed by atoms with Crippen molar-refractivity contribution in [2.45, 2.75) is 19.9 Å². The van der Waals surface area contributed by atoms with E-state index in [-0.39, 0.29) is 24.2 Å². The Morgan fingerprint density at radius 1 is 1.43 bits per heavy atom. The number of aromatic nitrogens is 3. The van der Waals surface area contributed by atoms with Crippen molar-refractivity contribution in [1.82, 2.24) is 19.7 Å². The van der Waals surface area contributed by atoms with E-state index in [0.29, 0.717) is 18.9 Å². The number of nitrogens with one attached hydrogen (secondary N) is 1. The predicted octanol–water partition coefficient (Wildman–Crippen LogP) is 1.11. The Morgan fingerprint density at radius 2 is 2.26 bits per heavy atom. The van der Waals surface area contributed by atoms with Crippen molar-refractivity contribution in [3.05, 3.63) is 41.9 Å². The van der Waals surface area contributed by atoms with Gasteiger partial charge in [0, 0.05) is 32.3 Å². The third-order valence-corrected chi connectivity index (χ3v) is 3.92. The van der Waals surface area contributed by atoms with E-state index in [1.54, 1.807) is 28.9 Å². The van der Waals surface area contributed by atoms with Crippen LogP contribution in [-0.2, 0) is 23.2 Å². The van der Waals surface area contributed by atoms with Gasteiger partial charge in [0.2, 0.25) is 11.8 Å². The summed E-state index contributed by atoms with van der Waals surface area (Å²) in [6, 6.07) is 7.40. The molecule has 1 saturated heterocycles. The summed E-state index contributed by atoms with van der Waals surface area (Å²) in [5, 5.41) is 7.04. The Morgan fingerprint density at radius 3 is 2.91 bits per heavy atom. The molecule has 3 rings (SSSR count). The van der Waals surface area contributed by atoms with E-state index in [2.05, 4.69) is 15.4 Å². The summed E-state index contributed by atoms with van der Waals surface area (Å²) in [5.41, 5.74) is 1.66. The molecule has 7 heteroatoms. The number of nitrogens with zero attached hydrogens (tertiary/aromatic N) is 4. The molecule has 0 spiro atoms. The van der Waals surface area contributed by atoms with Crippen molar-refractivity contribution in [3.63, 3.8) is 0 Å². The van der Waals surface area contributed by atoms with Gasteiger partial charge in [0.05, 0.1) is 23.9 Å². The first-order valence-corrected chi connectivity index (χ1v) is 7.52. The Labute approximate surface area is 134 Å². The number of pyridine rings is 1. The summed E-state index contributed by atoms with van der Waals surface area (Å²) < 4.78 is 1.62. The van der Waals surface area contributed by atoms with Crippen LogP contribution >= 0.6 is 0 Å². The van der Waals surface area contributed by atoms with Crippen molar-refractivity contribution >= 4 is 17.6 Å². The quantitative estimate of drug-likeness (QED) is 0.917. The maximum atomic E-state index is 12.4. The molecule has 1 atom stereocenters. The van der Waals surface area contributed by atoms with Crippen LogP contribution in [0.1, 0.15) is 17.8 Å². The minimum absolute atomic E-state index is 0.0167. The van der Waals surface area contributed by atoms with Crippen LogP contribution in [0.15, 0.2) is 30.5 Å². The van der Waals surface area contributed by atoms with E-state index in [1.807, 2.05) is 25.1 Å². The zero-order valence-corrected chi connectivity index (χ0v) is 13.2. The zero-order chi connectivity index (χ0) is 16.4. The Balaban J connectivity index is 1.62. The zero-order valence-electron chi connectivity index (χ0n) is 13.2. The molecule has 120 valence electrons. The molecule has 2 amide bonds. The molecule has 0 aliphatic carbocycles. The van der Waals surface area contributed by atoms with Crippen molar-refractivity contribution in [3.8, 4) is 0 Å². The van der Waals surface area contributed by atoms with Gasteiger partial charge in [0.25, 0.3) is 0 Å². The fraction of sp³-hybridized carbons (Fsp3) is 0.375. The van der Waals surface area contributed by atoms with Gasteiger partial charge >= 0.3 is 0 Å². The molecule has 3 heterocycles. The van der Waals surface area contributed by atoms with Crippen LogP contribution in [0.5, 0.6) is 0 Å². The minimum atomic E-state index is -0.346. The standard InChI is InChI=1S/C16H19N5O2/c1-11-7-14(20(2)19-11)18-16(23)12-8-15(22)21(9-12)10-13-5-3-4-6-17-13/h3-7,12H,8-10H2,1-2H3,(H,18,23)/t12-/m1/s1. The number of anilines is 1. The molecule has 1 N–H and O–H groups in total. The molecule has 0 bridgehead atoms. The lowest BCUT2D eigenvalue weighted by molar-refractivity contribution is -0.128. The number of hydrogen-bond acceptors (Lipinski definition) is 4. The van der Waals surface area contributed by atoms with Crippen LogP contribution in [-0.4, -0.2) is 38.0 Å². The minimum Gasteiger partial charge on any atom is -0.336 e. The van der Waals surface area contributed by atoms with Crippen molar-refractivity contribution < 1.29 is 9.59 Å². The van der Waals surface area contributed by atoms with Crippen LogP contribution in [0.4, 0.5) is 5.82 Å². The summed E-state index contributed by atoms with van der Waals surface area (Å²) in [6.45, 7) is 2.72. The molecular formula is C16H19N5O2. The number of hydrogen-bond donors (Lipinski definition) is 1. The average Bonchev–Trinajstić information content (AvgIpc) is 3.03. The fourth-order valence-electron chi connectivity index (χ4n) is 2.74. The first-order chi connectivity index (χ1) is 11.0. The first-order valence-electron chi connectivity index (χ1n) is 7.52. The Hall–Kier alpha value is -2.70. The largest absolute Gasteiger partial charge is 0.336 e. The number of amides is 2. The van der Waals surface area contributed by atoms with Gasteiger partial charge < -0.3 is 10.2 Å². The topological polar surface area (TPSA) is 80.1 Å².